The van der Waals surface area contributed by atoms with Gasteiger partial charge in [0.2, 0.25) is 0 Å². The largest absolute Gasteiger partial charge is 0.355 e. The number of rotatable bonds is 5. The summed E-state index contributed by atoms with van der Waals surface area (Å²) in [4.78, 5) is 15.1. The van der Waals surface area contributed by atoms with Crippen LogP contribution in [-0.2, 0) is 12.8 Å². The van der Waals surface area contributed by atoms with Crippen LogP contribution in [0.3, 0.4) is 0 Å². The zero-order valence-corrected chi connectivity index (χ0v) is 19.7. The summed E-state index contributed by atoms with van der Waals surface area (Å²) in [5, 5.41) is 11.6. The average molecular weight is 461 g/mol. The van der Waals surface area contributed by atoms with E-state index in [2.05, 4.69) is 87.1 Å². The summed E-state index contributed by atoms with van der Waals surface area (Å²) in [6.07, 6.45) is 4.31. The maximum absolute atomic E-state index is 12.8. The van der Waals surface area contributed by atoms with Crippen molar-refractivity contribution in [2.45, 2.75) is 25.7 Å². The highest BCUT2D eigenvalue weighted by atomic mass is 16.1. The number of piperidine rings is 1. The van der Waals surface area contributed by atoms with Gasteiger partial charge >= 0.3 is 0 Å². The van der Waals surface area contributed by atoms with Crippen LogP contribution in [0.5, 0.6) is 0 Å². The molecule has 1 aliphatic carbocycles. The number of hydrogen-bond acceptors (Lipinski definition) is 4. The zero-order chi connectivity index (χ0) is 23.6. The first kappa shape index (κ1) is 21.5. The third kappa shape index (κ3) is 4.54. The van der Waals surface area contributed by atoms with Crippen molar-refractivity contribution >= 4 is 17.4 Å². The maximum atomic E-state index is 12.8. The van der Waals surface area contributed by atoms with Crippen molar-refractivity contribution in [2.75, 3.05) is 23.3 Å². The number of fused-ring (bicyclic) bond motifs is 3. The number of hydrogen-bond donors (Lipinski definition) is 1. The Balaban J connectivity index is 1.06. The highest BCUT2D eigenvalue weighted by Crippen LogP contribution is 2.37. The second kappa shape index (κ2) is 9.34. The van der Waals surface area contributed by atoms with Gasteiger partial charge in [-0.05, 0) is 83.7 Å². The molecule has 2 aliphatic rings. The predicted octanol–water partition coefficient (Wildman–Crippen LogP) is 5.76. The minimum absolute atomic E-state index is 0.235. The lowest BCUT2D eigenvalue weighted by Crippen LogP contribution is -2.35. The Bertz CT molecular complexity index is 1340. The lowest BCUT2D eigenvalue weighted by atomic mass is 9.90. The Morgan fingerprint density at radius 2 is 1.60 bits per heavy atom. The van der Waals surface area contributed by atoms with Gasteiger partial charge in [-0.2, -0.15) is 0 Å². The SMILES string of the molecule is O=C(Nc1ccc2c(c1)Cc1ccccc1-2)c1ccc(N2CCC(Cc3ccccc3)CC2)nn1. The summed E-state index contributed by atoms with van der Waals surface area (Å²) >= 11 is 0. The Labute approximate surface area is 205 Å². The van der Waals surface area contributed by atoms with E-state index < -0.39 is 0 Å². The fourth-order valence-electron chi connectivity index (χ4n) is 5.35. The molecule has 0 radical (unpaired) electrons. The van der Waals surface area contributed by atoms with E-state index >= 15 is 0 Å². The molecule has 5 nitrogen and oxygen atoms in total. The third-order valence-electron chi connectivity index (χ3n) is 7.24. The quantitative estimate of drug-likeness (QED) is 0.362. The molecule has 1 fully saturated rings. The van der Waals surface area contributed by atoms with E-state index in [1.807, 2.05) is 12.1 Å². The van der Waals surface area contributed by atoms with Crippen LogP contribution >= 0.6 is 0 Å². The molecule has 2 heterocycles. The van der Waals surface area contributed by atoms with Gasteiger partial charge in [0.1, 0.15) is 0 Å². The fraction of sp³-hybridized carbons (Fsp3) is 0.233. The summed E-state index contributed by atoms with van der Waals surface area (Å²) < 4.78 is 0. The van der Waals surface area contributed by atoms with Crippen LogP contribution < -0.4 is 10.2 Å². The van der Waals surface area contributed by atoms with Crippen LogP contribution in [-0.4, -0.2) is 29.2 Å². The van der Waals surface area contributed by atoms with Crippen molar-refractivity contribution < 1.29 is 4.79 Å². The van der Waals surface area contributed by atoms with E-state index in [9.17, 15) is 4.79 Å². The van der Waals surface area contributed by atoms with Crippen LogP contribution in [0.25, 0.3) is 11.1 Å². The predicted molar refractivity (Wildman–Crippen MR) is 140 cm³/mol. The molecule has 5 heteroatoms. The van der Waals surface area contributed by atoms with Crippen molar-refractivity contribution in [3.63, 3.8) is 0 Å². The van der Waals surface area contributed by atoms with Crippen molar-refractivity contribution in [3.8, 4) is 11.1 Å². The molecule has 35 heavy (non-hydrogen) atoms. The Morgan fingerprint density at radius 1 is 0.829 bits per heavy atom. The molecule has 3 aromatic carbocycles. The fourth-order valence-corrected chi connectivity index (χ4v) is 5.35. The molecule has 1 amide bonds. The molecule has 0 saturated carbocycles. The molecule has 0 spiro atoms. The molecule has 0 bridgehead atoms. The van der Waals surface area contributed by atoms with Gasteiger partial charge in [0.25, 0.3) is 5.91 Å². The molecule has 1 saturated heterocycles. The van der Waals surface area contributed by atoms with Crippen LogP contribution in [0.15, 0.2) is 84.9 Å². The Hall–Kier alpha value is -3.99. The van der Waals surface area contributed by atoms with Crippen LogP contribution in [0, 0.1) is 5.92 Å². The van der Waals surface area contributed by atoms with Gasteiger partial charge in [-0.1, -0.05) is 60.7 Å². The molecule has 1 N–H and O–H groups in total. The molecule has 0 unspecified atom stereocenters. The van der Waals surface area contributed by atoms with E-state index in [0.29, 0.717) is 11.6 Å². The first-order valence-electron chi connectivity index (χ1n) is 12.4. The molecular weight excluding hydrogens is 432 g/mol. The number of nitrogens with zero attached hydrogens (tertiary/aromatic N) is 3. The number of amides is 1. The first-order chi connectivity index (χ1) is 17.2. The van der Waals surface area contributed by atoms with Gasteiger partial charge in [-0.15, -0.1) is 10.2 Å². The van der Waals surface area contributed by atoms with Crippen molar-refractivity contribution in [2.24, 2.45) is 5.92 Å². The molecular formula is C30H28N4O. The van der Waals surface area contributed by atoms with Gasteiger partial charge in [0.05, 0.1) is 0 Å². The Kier molecular flexibility index (Phi) is 5.75. The molecule has 1 aromatic heterocycles. The van der Waals surface area contributed by atoms with Crippen molar-refractivity contribution in [1.29, 1.82) is 0 Å². The minimum atomic E-state index is -0.235. The topological polar surface area (TPSA) is 58.1 Å². The minimum Gasteiger partial charge on any atom is -0.355 e. The van der Waals surface area contributed by atoms with Gasteiger partial charge in [-0.25, -0.2) is 0 Å². The van der Waals surface area contributed by atoms with Crippen LogP contribution in [0.4, 0.5) is 11.5 Å². The summed E-state index contributed by atoms with van der Waals surface area (Å²) in [6, 6.07) is 29.0. The second-order valence-electron chi connectivity index (χ2n) is 9.56. The van der Waals surface area contributed by atoms with Gasteiger partial charge in [0.15, 0.2) is 11.5 Å². The molecule has 0 atom stereocenters. The average Bonchev–Trinajstić information content (AvgIpc) is 3.28. The number of benzene rings is 3. The van der Waals surface area contributed by atoms with E-state index in [1.54, 1.807) is 6.07 Å². The van der Waals surface area contributed by atoms with Gasteiger partial charge in [0, 0.05) is 18.8 Å². The van der Waals surface area contributed by atoms with E-state index in [-0.39, 0.29) is 5.91 Å². The van der Waals surface area contributed by atoms with Gasteiger partial charge in [-0.3, -0.25) is 4.79 Å². The molecule has 4 aromatic rings. The monoisotopic (exact) mass is 460 g/mol. The van der Waals surface area contributed by atoms with E-state index in [1.165, 1.54) is 27.8 Å². The third-order valence-corrected chi connectivity index (χ3v) is 7.24. The second-order valence-corrected chi connectivity index (χ2v) is 9.56. The standard InChI is InChI=1S/C30H28N4O/c35-30(31-25-10-11-27-24(20-25)19-23-8-4-5-9-26(23)27)28-12-13-29(33-32-28)34-16-14-22(15-17-34)18-21-6-2-1-3-7-21/h1-13,20,22H,14-19H2,(H,31,35). The highest BCUT2D eigenvalue weighted by Gasteiger charge is 2.22. The lowest BCUT2D eigenvalue weighted by molar-refractivity contribution is 0.102. The zero-order valence-electron chi connectivity index (χ0n) is 19.7. The highest BCUT2D eigenvalue weighted by molar-refractivity contribution is 6.03. The van der Waals surface area contributed by atoms with E-state index in [4.69, 9.17) is 0 Å². The van der Waals surface area contributed by atoms with Crippen LogP contribution in [0.2, 0.25) is 0 Å². The molecule has 6 rings (SSSR count). The summed E-state index contributed by atoms with van der Waals surface area (Å²) in [5.41, 5.74) is 7.62. The first-order valence-corrected chi connectivity index (χ1v) is 12.4. The number of nitrogens with one attached hydrogen (secondary N) is 1. The van der Waals surface area contributed by atoms with E-state index in [0.717, 1.165) is 50.3 Å². The maximum Gasteiger partial charge on any atom is 0.276 e. The number of anilines is 2. The van der Waals surface area contributed by atoms with Gasteiger partial charge < -0.3 is 10.2 Å². The number of aromatic nitrogens is 2. The normalized spacial score (nSPS) is 14.9. The van der Waals surface area contributed by atoms with Crippen LogP contribution in [0.1, 0.15) is 40.0 Å². The Morgan fingerprint density at radius 3 is 2.40 bits per heavy atom. The molecule has 1 aliphatic heterocycles. The lowest BCUT2D eigenvalue weighted by Gasteiger charge is -2.32. The summed E-state index contributed by atoms with van der Waals surface area (Å²) in [5.74, 6) is 1.31. The smallest absolute Gasteiger partial charge is 0.276 e. The van der Waals surface area contributed by atoms with Crippen molar-refractivity contribution in [3.05, 3.63) is 107 Å². The summed E-state index contributed by atoms with van der Waals surface area (Å²) in [7, 11) is 0. The number of carbonyl (C=O) groups is 1. The molecule has 174 valence electrons. The number of carbonyl (C=O) groups excluding carboxylic acids is 1. The van der Waals surface area contributed by atoms with Crippen molar-refractivity contribution in [1.82, 2.24) is 10.2 Å². The summed E-state index contributed by atoms with van der Waals surface area (Å²) in [6.45, 7) is 1.93.